The number of carbonyl (C=O) groups excluding carboxylic acids is 2. The maximum Gasteiger partial charge on any atom is 0.418 e. The number of anilines is 2. The van der Waals surface area contributed by atoms with Crippen LogP contribution in [0.15, 0.2) is 42.5 Å². The van der Waals surface area contributed by atoms with Gasteiger partial charge < -0.3 is 10.6 Å². The molecule has 0 saturated carbocycles. The predicted octanol–water partition coefficient (Wildman–Crippen LogP) is 5.05. The maximum atomic E-state index is 13.3. The minimum absolute atomic E-state index is 0.251. The van der Waals surface area contributed by atoms with Crippen molar-refractivity contribution in [3.05, 3.63) is 59.2 Å². The van der Waals surface area contributed by atoms with Gasteiger partial charge in [-0.1, -0.05) is 18.2 Å². The molecule has 1 saturated heterocycles. The lowest BCUT2D eigenvalue weighted by atomic mass is 10.0. The van der Waals surface area contributed by atoms with E-state index in [0.717, 1.165) is 23.1 Å². The van der Waals surface area contributed by atoms with E-state index in [1.54, 1.807) is 0 Å². The molecular weight excluding hydrogens is 428 g/mol. The van der Waals surface area contributed by atoms with Gasteiger partial charge in [-0.3, -0.25) is 4.79 Å². The van der Waals surface area contributed by atoms with Crippen LogP contribution in [0.1, 0.15) is 30.5 Å². The van der Waals surface area contributed by atoms with E-state index in [9.17, 15) is 35.9 Å². The van der Waals surface area contributed by atoms with Crippen molar-refractivity contribution in [2.24, 2.45) is 0 Å². The summed E-state index contributed by atoms with van der Waals surface area (Å²) < 4.78 is 79.6. The monoisotopic (exact) mass is 445 g/mol. The Morgan fingerprint density at radius 3 is 2.06 bits per heavy atom. The van der Waals surface area contributed by atoms with Gasteiger partial charge in [0.15, 0.2) is 0 Å². The van der Waals surface area contributed by atoms with Gasteiger partial charge in [0.2, 0.25) is 0 Å². The fourth-order valence-corrected chi connectivity index (χ4v) is 3.36. The molecular formula is C20H17F6N3O2. The number of nitrogens with two attached hydrogens (primary N) is 1. The van der Waals surface area contributed by atoms with Crippen LogP contribution in [0.3, 0.4) is 0 Å². The third-order valence-electron chi connectivity index (χ3n) is 5.08. The number of imide groups is 1. The van der Waals surface area contributed by atoms with Gasteiger partial charge in [0, 0.05) is 12.2 Å². The van der Waals surface area contributed by atoms with E-state index in [2.05, 4.69) is 0 Å². The van der Waals surface area contributed by atoms with E-state index in [4.69, 9.17) is 5.73 Å². The van der Waals surface area contributed by atoms with Gasteiger partial charge in [0.05, 0.1) is 16.8 Å². The van der Waals surface area contributed by atoms with Gasteiger partial charge in [0.25, 0.3) is 5.91 Å². The average Bonchev–Trinajstić information content (AvgIpc) is 2.81. The highest BCUT2D eigenvalue weighted by Crippen LogP contribution is 2.40. The minimum Gasteiger partial charge on any atom is -0.398 e. The molecule has 0 spiro atoms. The molecule has 166 valence electrons. The molecule has 3 amide bonds. The zero-order valence-electron chi connectivity index (χ0n) is 16.3. The molecule has 5 nitrogen and oxygen atoms in total. The molecule has 0 atom stereocenters. The predicted molar refractivity (Wildman–Crippen MR) is 99.8 cm³/mol. The van der Waals surface area contributed by atoms with Gasteiger partial charge in [-0.05, 0) is 43.7 Å². The molecule has 1 heterocycles. The van der Waals surface area contributed by atoms with Gasteiger partial charge >= 0.3 is 18.4 Å². The number of carbonyl (C=O) groups is 2. The molecule has 3 rings (SSSR count). The van der Waals surface area contributed by atoms with Crippen molar-refractivity contribution in [1.82, 2.24) is 4.90 Å². The number of halogens is 6. The third kappa shape index (κ3) is 3.91. The van der Waals surface area contributed by atoms with Crippen LogP contribution in [-0.4, -0.2) is 22.4 Å². The van der Waals surface area contributed by atoms with Crippen LogP contribution >= 0.6 is 0 Å². The number of hydrogen-bond donors (Lipinski definition) is 1. The highest BCUT2D eigenvalue weighted by molar-refractivity contribution is 6.23. The SMILES string of the molecule is CC1(C)C(=O)N(c2ccc(N)c(C(F)(F)F)c2)C(=O)N1Cc1ccccc1C(F)(F)F. The van der Waals surface area contributed by atoms with E-state index in [1.165, 1.54) is 32.0 Å². The summed E-state index contributed by atoms with van der Waals surface area (Å²) in [7, 11) is 0. The van der Waals surface area contributed by atoms with E-state index in [-0.39, 0.29) is 11.3 Å². The maximum absolute atomic E-state index is 13.3. The second-order valence-corrected chi connectivity index (χ2v) is 7.49. The molecule has 2 aromatic carbocycles. The van der Waals surface area contributed by atoms with Gasteiger partial charge in [-0.25, -0.2) is 9.69 Å². The lowest BCUT2D eigenvalue weighted by molar-refractivity contribution is -0.138. The van der Waals surface area contributed by atoms with Crippen molar-refractivity contribution in [3.63, 3.8) is 0 Å². The second-order valence-electron chi connectivity index (χ2n) is 7.49. The van der Waals surface area contributed by atoms with Crippen LogP contribution in [0.4, 0.5) is 42.5 Å². The summed E-state index contributed by atoms with van der Waals surface area (Å²) in [4.78, 5) is 27.3. The Morgan fingerprint density at radius 2 is 1.48 bits per heavy atom. The minimum atomic E-state index is -4.83. The van der Waals surface area contributed by atoms with Crippen molar-refractivity contribution < 1.29 is 35.9 Å². The molecule has 0 radical (unpaired) electrons. The highest BCUT2D eigenvalue weighted by atomic mass is 19.4. The van der Waals surface area contributed by atoms with E-state index < -0.39 is 53.2 Å². The molecule has 31 heavy (non-hydrogen) atoms. The fraction of sp³-hybridized carbons (Fsp3) is 0.300. The molecule has 0 aliphatic carbocycles. The van der Waals surface area contributed by atoms with E-state index >= 15 is 0 Å². The Morgan fingerprint density at radius 1 is 0.903 bits per heavy atom. The molecule has 1 aliphatic heterocycles. The number of alkyl halides is 6. The Kier molecular flexibility index (Phi) is 5.19. The Hall–Kier alpha value is -3.24. The number of nitrogen functional groups attached to an aromatic ring is 1. The summed E-state index contributed by atoms with van der Waals surface area (Å²) in [5, 5.41) is 0. The zero-order chi connectivity index (χ0) is 23.4. The van der Waals surface area contributed by atoms with Crippen molar-refractivity contribution in [2.45, 2.75) is 38.3 Å². The lowest BCUT2D eigenvalue weighted by Crippen LogP contribution is -2.44. The first-order valence-corrected chi connectivity index (χ1v) is 8.93. The van der Waals surface area contributed by atoms with Crippen molar-refractivity contribution in [1.29, 1.82) is 0 Å². The smallest absolute Gasteiger partial charge is 0.398 e. The normalized spacial score (nSPS) is 16.9. The molecule has 2 N–H and O–H groups in total. The third-order valence-corrected chi connectivity index (χ3v) is 5.08. The van der Waals surface area contributed by atoms with Crippen molar-refractivity contribution in [2.75, 3.05) is 10.6 Å². The number of amides is 3. The topological polar surface area (TPSA) is 66.6 Å². The van der Waals surface area contributed by atoms with Crippen molar-refractivity contribution in [3.8, 4) is 0 Å². The van der Waals surface area contributed by atoms with E-state index in [0.29, 0.717) is 11.0 Å². The molecule has 2 aromatic rings. The standard InChI is InChI=1S/C20H17F6N3O2/c1-18(2)16(30)29(12-7-8-15(27)14(9-12)20(24,25)26)17(31)28(18)10-11-5-3-4-6-13(11)19(21,22)23/h3-9H,10,27H2,1-2H3. The number of nitrogens with zero attached hydrogens (tertiary/aromatic N) is 2. The van der Waals surface area contributed by atoms with Crippen LogP contribution < -0.4 is 10.6 Å². The highest BCUT2D eigenvalue weighted by Gasteiger charge is 2.52. The fourth-order valence-electron chi connectivity index (χ4n) is 3.36. The van der Waals surface area contributed by atoms with Crippen LogP contribution in [0, 0.1) is 0 Å². The number of hydrogen-bond acceptors (Lipinski definition) is 3. The summed E-state index contributed by atoms with van der Waals surface area (Å²) in [5.41, 5.74) is 0.328. The number of benzene rings is 2. The summed E-state index contributed by atoms with van der Waals surface area (Å²) in [6.07, 6.45) is -9.52. The Labute approximate surface area is 173 Å². The summed E-state index contributed by atoms with van der Waals surface area (Å²) in [6, 6.07) is 6.07. The van der Waals surface area contributed by atoms with Crippen LogP contribution in [0.2, 0.25) is 0 Å². The summed E-state index contributed by atoms with van der Waals surface area (Å²) in [6.45, 7) is 2.06. The molecule has 0 bridgehead atoms. The molecule has 1 aliphatic rings. The average molecular weight is 445 g/mol. The molecule has 11 heteroatoms. The molecule has 0 unspecified atom stereocenters. The first-order chi connectivity index (χ1) is 14.2. The molecule has 1 fully saturated rings. The first-order valence-electron chi connectivity index (χ1n) is 8.93. The van der Waals surface area contributed by atoms with Gasteiger partial charge in [0.1, 0.15) is 5.54 Å². The van der Waals surface area contributed by atoms with Crippen LogP contribution in [0.25, 0.3) is 0 Å². The Balaban J connectivity index is 2.03. The number of rotatable bonds is 3. The van der Waals surface area contributed by atoms with Crippen LogP contribution in [0.5, 0.6) is 0 Å². The lowest BCUT2D eigenvalue weighted by Gasteiger charge is -2.28. The summed E-state index contributed by atoms with van der Waals surface area (Å²) >= 11 is 0. The van der Waals surface area contributed by atoms with Crippen LogP contribution in [-0.2, 0) is 23.7 Å². The zero-order valence-corrected chi connectivity index (χ0v) is 16.3. The largest absolute Gasteiger partial charge is 0.418 e. The molecule has 0 aromatic heterocycles. The van der Waals surface area contributed by atoms with Gasteiger partial charge in [-0.15, -0.1) is 0 Å². The van der Waals surface area contributed by atoms with Gasteiger partial charge in [-0.2, -0.15) is 26.3 Å². The summed E-state index contributed by atoms with van der Waals surface area (Å²) in [5.74, 6) is -0.875. The Bertz CT molecular complexity index is 1050. The number of urea groups is 1. The van der Waals surface area contributed by atoms with Crippen molar-refractivity contribution >= 4 is 23.3 Å². The quantitative estimate of drug-likeness (QED) is 0.408. The second kappa shape index (κ2) is 7.17. The first kappa shape index (κ1) is 22.4. The van der Waals surface area contributed by atoms with E-state index in [1.807, 2.05) is 0 Å².